The molecule has 0 spiro atoms. The molecule has 0 aliphatic carbocycles. The SMILES string of the molecule is O=c1[nH]c(-c2ccncc2)nc2c1CN(Cc1cn[nH]c1-c1ccc(Cl)cc1)CC2. The van der Waals surface area contributed by atoms with Crippen LogP contribution in [-0.4, -0.2) is 36.6 Å². The number of hydrogen-bond donors (Lipinski definition) is 2. The van der Waals surface area contributed by atoms with Crippen molar-refractivity contribution in [3.05, 3.63) is 87.2 Å². The van der Waals surface area contributed by atoms with Crippen LogP contribution < -0.4 is 5.56 Å². The van der Waals surface area contributed by atoms with Crippen molar-refractivity contribution in [1.29, 1.82) is 0 Å². The van der Waals surface area contributed by atoms with Crippen molar-refractivity contribution in [3.8, 4) is 22.6 Å². The maximum absolute atomic E-state index is 12.8. The van der Waals surface area contributed by atoms with E-state index in [2.05, 4.69) is 25.1 Å². The van der Waals surface area contributed by atoms with Crippen LogP contribution in [0.1, 0.15) is 16.8 Å². The summed E-state index contributed by atoms with van der Waals surface area (Å²) < 4.78 is 0. The number of rotatable bonds is 4. The zero-order valence-corrected chi connectivity index (χ0v) is 16.9. The monoisotopic (exact) mass is 418 g/mol. The van der Waals surface area contributed by atoms with E-state index in [1.165, 1.54) is 0 Å². The number of fused-ring (bicyclic) bond motifs is 1. The number of pyridine rings is 1. The Balaban J connectivity index is 1.38. The molecule has 0 saturated carbocycles. The van der Waals surface area contributed by atoms with Gasteiger partial charge in [0.2, 0.25) is 0 Å². The van der Waals surface area contributed by atoms with Crippen LogP contribution in [0.25, 0.3) is 22.6 Å². The molecule has 150 valence electrons. The molecule has 30 heavy (non-hydrogen) atoms. The molecule has 7 nitrogen and oxygen atoms in total. The van der Waals surface area contributed by atoms with Crippen LogP contribution >= 0.6 is 11.6 Å². The van der Waals surface area contributed by atoms with Gasteiger partial charge in [0.05, 0.1) is 23.1 Å². The van der Waals surface area contributed by atoms with Gasteiger partial charge in [0.25, 0.3) is 5.56 Å². The van der Waals surface area contributed by atoms with Gasteiger partial charge in [-0.25, -0.2) is 4.98 Å². The maximum atomic E-state index is 12.8. The average Bonchev–Trinajstić information content (AvgIpc) is 3.23. The molecule has 0 saturated heterocycles. The first-order chi connectivity index (χ1) is 14.7. The first-order valence-corrected chi connectivity index (χ1v) is 10.1. The van der Waals surface area contributed by atoms with Gasteiger partial charge >= 0.3 is 0 Å². The van der Waals surface area contributed by atoms with E-state index in [0.29, 0.717) is 23.9 Å². The lowest BCUT2D eigenvalue weighted by atomic mass is 10.0. The predicted octanol–water partition coefficient (Wildman–Crippen LogP) is 3.43. The zero-order chi connectivity index (χ0) is 20.5. The van der Waals surface area contributed by atoms with Crippen molar-refractivity contribution in [2.45, 2.75) is 19.5 Å². The largest absolute Gasteiger partial charge is 0.306 e. The van der Waals surface area contributed by atoms with Crippen molar-refractivity contribution in [2.75, 3.05) is 6.54 Å². The molecule has 2 N–H and O–H groups in total. The highest BCUT2D eigenvalue weighted by Crippen LogP contribution is 2.26. The number of benzene rings is 1. The molecule has 0 atom stereocenters. The van der Waals surface area contributed by atoms with Crippen molar-refractivity contribution < 1.29 is 0 Å². The average molecular weight is 419 g/mol. The second-order valence-corrected chi connectivity index (χ2v) is 7.75. The summed E-state index contributed by atoms with van der Waals surface area (Å²) in [5.74, 6) is 0.592. The van der Waals surface area contributed by atoms with Crippen LogP contribution in [0.2, 0.25) is 5.02 Å². The Kier molecular flexibility index (Phi) is 4.90. The second kappa shape index (κ2) is 7.85. The van der Waals surface area contributed by atoms with Gasteiger partial charge in [-0.3, -0.25) is 19.8 Å². The molecular formula is C22H19ClN6O. The Bertz CT molecular complexity index is 1230. The summed E-state index contributed by atoms with van der Waals surface area (Å²) in [6.45, 7) is 2.07. The van der Waals surface area contributed by atoms with E-state index in [1.54, 1.807) is 12.4 Å². The Morgan fingerprint density at radius 2 is 1.87 bits per heavy atom. The number of aromatic nitrogens is 5. The first-order valence-electron chi connectivity index (χ1n) is 9.70. The van der Waals surface area contributed by atoms with Gasteiger partial charge < -0.3 is 4.98 Å². The maximum Gasteiger partial charge on any atom is 0.255 e. The molecule has 1 aromatic carbocycles. The van der Waals surface area contributed by atoms with Gasteiger partial charge in [-0.15, -0.1) is 0 Å². The molecule has 0 fully saturated rings. The molecule has 1 aliphatic rings. The van der Waals surface area contributed by atoms with Gasteiger partial charge in [0.1, 0.15) is 5.82 Å². The van der Waals surface area contributed by atoms with Crippen molar-refractivity contribution in [1.82, 2.24) is 30.0 Å². The number of nitrogens with zero attached hydrogens (tertiary/aromatic N) is 4. The van der Waals surface area contributed by atoms with Crippen molar-refractivity contribution in [2.24, 2.45) is 0 Å². The molecule has 5 rings (SSSR count). The summed E-state index contributed by atoms with van der Waals surface area (Å²) in [5.41, 5.74) is 5.46. The minimum atomic E-state index is -0.0818. The van der Waals surface area contributed by atoms with Gasteiger partial charge in [0.15, 0.2) is 0 Å². The van der Waals surface area contributed by atoms with E-state index in [9.17, 15) is 4.79 Å². The third kappa shape index (κ3) is 3.65. The van der Waals surface area contributed by atoms with Crippen LogP contribution in [0.4, 0.5) is 0 Å². The van der Waals surface area contributed by atoms with Crippen LogP contribution in [0.15, 0.2) is 59.8 Å². The summed E-state index contributed by atoms with van der Waals surface area (Å²) >= 11 is 6.01. The number of hydrogen-bond acceptors (Lipinski definition) is 5. The summed E-state index contributed by atoms with van der Waals surface area (Å²) in [6, 6.07) is 11.4. The van der Waals surface area contributed by atoms with E-state index >= 15 is 0 Å². The summed E-state index contributed by atoms with van der Waals surface area (Å²) in [7, 11) is 0. The lowest BCUT2D eigenvalue weighted by Crippen LogP contribution is -2.35. The minimum Gasteiger partial charge on any atom is -0.306 e. The molecule has 0 unspecified atom stereocenters. The van der Waals surface area contributed by atoms with Gasteiger partial charge in [-0.1, -0.05) is 23.7 Å². The van der Waals surface area contributed by atoms with E-state index in [1.807, 2.05) is 42.6 Å². The molecule has 4 aromatic rings. The second-order valence-electron chi connectivity index (χ2n) is 7.31. The topological polar surface area (TPSA) is 90.6 Å². The normalized spacial score (nSPS) is 13.9. The van der Waals surface area contributed by atoms with Crippen LogP contribution in [0, 0.1) is 0 Å². The fourth-order valence-electron chi connectivity index (χ4n) is 3.80. The molecule has 0 amide bonds. The highest BCUT2D eigenvalue weighted by Gasteiger charge is 2.23. The zero-order valence-electron chi connectivity index (χ0n) is 16.1. The predicted molar refractivity (Wildman–Crippen MR) is 115 cm³/mol. The first kappa shape index (κ1) is 18.7. The van der Waals surface area contributed by atoms with Gasteiger partial charge in [-0.2, -0.15) is 5.10 Å². The van der Waals surface area contributed by atoms with Crippen LogP contribution in [0.5, 0.6) is 0 Å². The third-order valence-electron chi connectivity index (χ3n) is 5.35. The highest BCUT2D eigenvalue weighted by molar-refractivity contribution is 6.30. The molecular weight excluding hydrogens is 400 g/mol. The van der Waals surface area contributed by atoms with E-state index in [-0.39, 0.29) is 5.56 Å². The Morgan fingerprint density at radius 3 is 2.67 bits per heavy atom. The Labute approximate surface area is 177 Å². The summed E-state index contributed by atoms with van der Waals surface area (Å²) in [4.78, 5) is 26.7. The molecule has 4 heterocycles. The van der Waals surface area contributed by atoms with Gasteiger partial charge in [-0.05, 0) is 29.8 Å². The standard InChI is InChI=1S/C22H19ClN6O/c23-17-3-1-14(2-4-17)20-16(11-25-28-20)12-29-10-7-19-18(13-29)22(30)27-21(26-19)15-5-8-24-9-6-15/h1-6,8-9,11H,7,10,12-13H2,(H,25,28)(H,26,27,30). The number of aromatic amines is 2. The molecule has 8 heteroatoms. The Hall–Kier alpha value is -3.29. The molecule has 1 aliphatic heterocycles. The fourth-order valence-corrected chi connectivity index (χ4v) is 3.93. The molecule has 0 radical (unpaired) electrons. The van der Waals surface area contributed by atoms with Crippen LogP contribution in [-0.2, 0) is 19.5 Å². The quantitative estimate of drug-likeness (QED) is 0.529. The third-order valence-corrected chi connectivity index (χ3v) is 5.60. The Morgan fingerprint density at radius 1 is 1.07 bits per heavy atom. The van der Waals surface area contributed by atoms with Crippen molar-refractivity contribution >= 4 is 11.6 Å². The fraction of sp³-hybridized carbons (Fsp3) is 0.182. The molecule has 3 aromatic heterocycles. The smallest absolute Gasteiger partial charge is 0.255 e. The van der Waals surface area contributed by atoms with Crippen molar-refractivity contribution in [3.63, 3.8) is 0 Å². The lowest BCUT2D eigenvalue weighted by Gasteiger charge is -2.27. The highest BCUT2D eigenvalue weighted by atomic mass is 35.5. The summed E-state index contributed by atoms with van der Waals surface area (Å²) in [6.07, 6.45) is 5.96. The number of halogens is 1. The van der Waals surface area contributed by atoms with E-state index in [4.69, 9.17) is 16.6 Å². The lowest BCUT2D eigenvalue weighted by molar-refractivity contribution is 0.242. The van der Waals surface area contributed by atoms with Gasteiger partial charge in [0, 0.05) is 54.6 Å². The molecule has 0 bridgehead atoms. The van der Waals surface area contributed by atoms with E-state index < -0.39 is 0 Å². The summed E-state index contributed by atoms with van der Waals surface area (Å²) in [5, 5.41) is 8.00. The minimum absolute atomic E-state index is 0.0818. The number of nitrogens with one attached hydrogen (secondary N) is 2. The number of H-pyrrole nitrogens is 2. The van der Waals surface area contributed by atoms with Crippen LogP contribution in [0.3, 0.4) is 0 Å². The van der Waals surface area contributed by atoms with E-state index in [0.717, 1.165) is 46.6 Å².